The molecule has 4 rings (SSSR count). The third kappa shape index (κ3) is 3.92. The molecule has 0 unspecified atom stereocenters. The number of nitrogens with zero attached hydrogens (tertiary/aromatic N) is 3. The van der Waals surface area contributed by atoms with Crippen LogP contribution in [0.15, 0.2) is 59.0 Å². The van der Waals surface area contributed by atoms with Crippen LogP contribution in [-0.2, 0) is 13.0 Å². The smallest absolute Gasteiger partial charge is 0.264 e. The van der Waals surface area contributed by atoms with Crippen molar-refractivity contribution in [3.05, 3.63) is 66.1 Å². The van der Waals surface area contributed by atoms with Crippen molar-refractivity contribution in [2.24, 2.45) is 5.92 Å². The first-order valence-corrected chi connectivity index (χ1v) is 9.63. The number of aromatic nitrogens is 3. The first-order valence-electron chi connectivity index (χ1n) is 9.63. The van der Waals surface area contributed by atoms with Crippen LogP contribution in [0.4, 0.5) is 0 Å². The largest absolute Gasteiger partial charge is 0.497 e. The van der Waals surface area contributed by atoms with Crippen molar-refractivity contribution in [3.8, 4) is 17.3 Å². The van der Waals surface area contributed by atoms with Crippen molar-refractivity contribution in [2.45, 2.75) is 26.8 Å². The summed E-state index contributed by atoms with van der Waals surface area (Å²) in [5.74, 6) is 2.17. The summed E-state index contributed by atoms with van der Waals surface area (Å²) in [6.07, 6.45) is 0.720. The van der Waals surface area contributed by atoms with Gasteiger partial charge in [-0.05, 0) is 42.3 Å². The number of carbonyl (C=O) groups excluding carboxylic acids is 1. The lowest BCUT2D eigenvalue weighted by molar-refractivity contribution is 0.0974. The minimum atomic E-state index is -0.00262. The maximum atomic E-state index is 13.0. The van der Waals surface area contributed by atoms with Crippen LogP contribution in [0.3, 0.4) is 0 Å². The zero-order valence-electron chi connectivity index (χ0n) is 16.8. The van der Waals surface area contributed by atoms with Gasteiger partial charge < -0.3 is 13.7 Å². The topological polar surface area (TPSA) is 70.2 Å². The summed E-state index contributed by atoms with van der Waals surface area (Å²) in [6, 6.07) is 17.1. The molecule has 0 N–H and O–H groups in total. The van der Waals surface area contributed by atoms with E-state index in [4.69, 9.17) is 9.15 Å². The first kappa shape index (κ1) is 18.9. The Balaban J connectivity index is 1.71. The van der Waals surface area contributed by atoms with Gasteiger partial charge in [-0.3, -0.25) is 4.79 Å². The highest BCUT2D eigenvalue weighted by Gasteiger charge is 2.19. The van der Waals surface area contributed by atoms with E-state index in [2.05, 4.69) is 24.0 Å². The SMILES string of the molecule is COc1ccc(C(=O)Cn2c(-c3nnc(CC(C)C)o3)cc3ccccc32)cc1. The van der Waals surface area contributed by atoms with E-state index >= 15 is 0 Å². The number of fused-ring (bicyclic) bond motifs is 1. The molecule has 0 saturated heterocycles. The van der Waals surface area contributed by atoms with Crippen LogP contribution in [-0.4, -0.2) is 27.7 Å². The van der Waals surface area contributed by atoms with E-state index in [-0.39, 0.29) is 12.3 Å². The van der Waals surface area contributed by atoms with Crippen LogP contribution >= 0.6 is 0 Å². The van der Waals surface area contributed by atoms with E-state index in [9.17, 15) is 4.79 Å². The van der Waals surface area contributed by atoms with Gasteiger partial charge in [-0.15, -0.1) is 10.2 Å². The number of para-hydroxylation sites is 1. The lowest BCUT2D eigenvalue weighted by Gasteiger charge is -2.09. The molecular formula is C23H23N3O3. The number of hydrogen-bond donors (Lipinski definition) is 0. The van der Waals surface area contributed by atoms with Crippen LogP contribution in [0.5, 0.6) is 5.75 Å². The number of rotatable bonds is 7. The summed E-state index contributed by atoms with van der Waals surface area (Å²) in [5, 5.41) is 9.43. The number of Topliss-reactive ketones (excluding diaryl/α,β-unsaturated/α-hetero) is 1. The third-order valence-electron chi connectivity index (χ3n) is 4.79. The molecule has 0 saturated carbocycles. The number of benzene rings is 2. The predicted molar refractivity (Wildman–Crippen MR) is 111 cm³/mol. The number of ketones is 1. The second-order valence-corrected chi connectivity index (χ2v) is 7.43. The Morgan fingerprint density at radius 1 is 1.10 bits per heavy atom. The molecule has 0 aliphatic rings. The van der Waals surface area contributed by atoms with Gasteiger partial charge in [0.05, 0.1) is 13.7 Å². The first-order chi connectivity index (χ1) is 14.0. The fraction of sp³-hybridized carbons (Fsp3) is 0.261. The molecule has 4 aromatic rings. The molecule has 0 radical (unpaired) electrons. The molecule has 2 aromatic heterocycles. The van der Waals surface area contributed by atoms with Crippen LogP contribution in [0.2, 0.25) is 0 Å². The molecule has 148 valence electrons. The van der Waals surface area contributed by atoms with Crippen molar-refractivity contribution >= 4 is 16.7 Å². The molecule has 0 aliphatic carbocycles. The lowest BCUT2D eigenvalue weighted by Crippen LogP contribution is -2.11. The molecule has 0 amide bonds. The zero-order valence-corrected chi connectivity index (χ0v) is 16.8. The third-order valence-corrected chi connectivity index (χ3v) is 4.79. The highest BCUT2D eigenvalue weighted by molar-refractivity contribution is 5.98. The molecule has 6 heteroatoms. The quantitative estimate of drug-likeness (QED) is 0.425. The van der Waals surface area contributed by atoms with Gasteiger partial charge in [0.25, 0.3) is 5.89 Å². The number of ether oxygens (including phenoxy) is 1. The van der Waals surface area contributed by atoms with E-state index in [0.29, 0.717) is 23.3 Å². The molecule has 2 heterocycles. The predicted octanol–water partition coefficient (Wildman–Crippen LogP) is 4.78. The Morgan fingerprint density at radius 2 is 1.86 bits per heavy atom. The van der Waals surface area contributed by atoms with Gasteiger partial charge in [-0.1, -0.05) is 32.0 Å². The second-order valence-electron chi connectivity index (χ2n) is 7.43. The van der Waals surface area contributed by atoms with E-state index in [1.807, 2.05) is 34.9 Å². The lowest BCUT2D eigenvalue weighted by atomic mass is 10.1. The van der Waals surface area contributed by atoms with Crippen molar-refractivity contribution in [1.29, 1.82) is 0 Å². The highest BCUT2D eigenvalue weighted by atomic mass is 16.5. The van der Waals surface area contributed by atoms with Crippen molar-refractivity contribution < 1.29 is 13.9 Å². The van der Waals surface area contributed by atoms with Gasteiger partial charge in [-0.25, -0.2) is 0 Å². The molecule has 0 fully saturated rings. The Kier molecular flexibility index (Phi) is 5.16. The second kappa shape index (κ2) is 7.91. The van der Waals surface area contributed by atoms with Crippen LogP contribution in [0.25, 0.3) is 22.5 Å². The summed E-state index contributed by atoms with van der Waals surface area (Å²) >= 11 is 0. The zero-order chi connectivity index (χ0) is 20.4. The fourth-order valence-electron chi connectivity index (χ4n) is 3.36. The summed E-state index contributed by atoms with van der Waals surface area (Å²) in [5.41, 5.74) is 2.32. The van der Waals surface area contributed by atoms with Gasteiger partial charge in [0, 0.05) is 22.9 Å². The summed E-state index contributed by atoms with van der Waals surface area (Å²) in [4.78, 5) is 13.0. The molecule has 0 spiro atoms. The van der Waals surface area contributed by atoms with Crippen molar-refractivity contribution in [2.75, 3.05) is 7.11 Å². The molecule has 2 aromatic carbocycles. The average molecular weight is 389 g/mol. The molecular weight excluding hydrogens is 366 g/mol. The van der Waals surface area contributed by atoms with Gasteiger partial charge >= 0.3 is 0 Å². The standard InChI is InChI=1S/C23H23N3O3/c1-15(2)12-22-24-25-23(29-22)20-13-17-6-4-5-7-19(17)26(20)14-21(27)16-8-10-18(28-3)11-9-16/h4-11,13,15H,12,14H2,1-3H3. The summed E-state index contributed by atoms with van der Waals surface area (Å²) in [7, 11) is 1.60. The highest BCUT2D eigenvalue weighted by Crippen LogP contribution is 2.28. The molecule has 0 atom stereocenters. The number of methoxy groups -OCH3 is 1. The minimum absolute atomic E-state index is 0.00262. The normalized spacial score (nSPS) is 11.3. The van der Waals surface area contributed by atoms with Gasteiger partial charge in [-0.2, -0.15) is 0 Å². The van der Waals surface area contributed by atoms with Crippen molar-refractivity contribution in [1.82, 2.24) is 14.8 Å². The monoisotopic (exact) mass is 389 g/mol. The van der Waals surface area contributed by atoms with E-state index in [1.54, 1.807) is 31.4 Å². The van der Waals surface area contributed by atoms with Crippen LogP contribution in [0, 0.1) is 5.92 Å². The summed E-state index contributed by atoms with van der Waals surface area (Å²) < 4.78 is 13.0. The Morgan fingerprint density at radius 3 is 2.59 bits per heavy atom. The Labute approximate surface area is 169 Å². The van der Waals surface area contributed by atoms with Gasteiger partial charge in [0.2, 0.25) is 5.89 Å². The van der Waals surface area contributed by atoms with E-state index in [0.717, 1.165) is 28.8 Å². The van der Waals surface area contributed by atoms with Gasteiger partial charge in [0.1, 0.15) is 11.4 Å². The van der Waals surface area contributed by atoms with E-state index < -0.39 is 0 Å². The maximum Gasteiger partial charge on any atom is 0.264 e. The fourth-order valence-corrected chi connectivity index (χ4v) is 3.36. The maximum absolute atomic E-state index is 13.0. The molecule has 6 nitrogen and oxygen atoms in total. The Hall–Kier alpha value is -3.41. The molecule has 0 aliphatic heterocycles. The van der Waals surface area contributed by atoms with Crippen LogP contribution < -0.4 is 4.74 Å². The molecule has 0 bridgehead atoms. The number of carbonyl (C=O) groups is 1. The van der Waals surface area contributed by atoms with Crippen molar-refractivity contribution in [3.63, 3.8) is 0 Å². The Bertz CT molecular complexity index is 1140. The average Bonchev–Trinajstić information content (AvgIpc) is 3.32. The molecule has 29 heavy (non-hydrogen) atoms. The number of hydrogen-bond acceptors (Lipinski definition) is 5. The van der Waals surface area contributed by atoms with Crippen LogP contribution in [0.1, 0.15) is 30.1 Å². The summed E-state index contributed by atoms with van der Waals surface area (Å²) in [6.45, 7) is 4.39. The van der Waals surface area contributed by atoms with Gasteiger partial charge in [0.15, 0.2) is 5.78 Å². The van der Waals surface area contributed by atoms with E-state index in [1.165, 1.54) is 0 Å². The minimum Gasteiger partial charge on any atom is -0.497 e.